The number of carbonyl (C=O) groups excluding carboxylic acids is 2. The minimum absolute atomic E-state index is 0.0451. The predicted octanol–water partition coefficient (Wildman–Crippen LogP) is 1.76. The van der Waals surface area contributed by atoms with Gasteiger partial charge < -0.3 is 10.6 Å². The van der Waals surface area contributed by atoms with Crippen molar-refractivity contribution in [3.05, 3.63) is 82.2 Å². The second-order valence-electron chi connectivity index (χ2n) is 6.88. The lowest BCUT2D eigenvalue weighted by Gasteiger charge is -2.10. The minimum Gasteiger partial charge on any atom is -0.348 e. The zero-order chi connectivity index (χ0) is 23.3. The molecule has 0 atom stereocenters. The van der Waals surface area contributed by atoms with Gasteiger partial charge in [0, 0.05) is 48.6 Å². The molecule has 0 aliphatic carbocycles. The van der Waals surface area contributed by atoms with Gasteiger partial charge >= 0.3 is 0 Å². The van der Waals surface area contributed by atoms with Crippen LogP contribution >= 0.6 is 0 Å². The second-order valence-corrected chi connectivity index (χ2v) is 8.90. The Labute approximate surface area is 183 Å². The number of hydrogen-bond acceptors (Lipinski definition) is 7. The number of rotatable bonds is 8. The average molecular weight is 457 g/mol. The van der Waals surface area contributed by atoms with E-state index in [2.05, 4.69) is 15.7 Å². The first kappa shape index (κ1) is 22.6. The maximum absolute atomic E-state index is 12.5. The Kier molecular flexibility index (Phi) is 6.64. The molecule has 0 spiro atoms. The molecule has 0 aliphatic heterocycles. The van der Waals surface area contributed by atoms with Gasteiger partial charge in [-0.15, -0.1) is 0 Å². The topological polar surface area (TPSA) is 153 Å². The Hall–Kier alpha value is -4.06. The number of anilines is 1. The zero-order valence-corrected chi connectivity index (χ0v) is 17.7. The van der Waals surface area contributed by atoms with Crippen LogP contribution in [0.3, 0.4) is 0 Å². The molecule has 0 unspecified atom stereocenters. The molecule has 2 amide bonds. The molecule has 0 bridgehead atoms. The van der Waals surface area contributed by atoms with Gasteiger partial charge in [-0.3, -0.25) is 24.4 Å². The van der Waals surface area contributed by atoms with Gasteiger partial charge in [-0.25, -0.2) is 8.42 Å². The van der Waals surface area contributed by atoms with Crippen molar-refractivity contribution in [1.29, 1.82) is 0 Å². The van der Waals surface area contributed by atoms with Crippen LogP contribution in [0.2, 0.25) is 0 Å². The normalized spacial score (nSPS) is 11.0. The first-order valence-corrected chi connectivity index (χ1v) is 11.1. The van der Waals surface area contributed by atoms with Crippen molar-refractivity contribution < 1.29 is 22.9 Å². The molecule has 1 heterocycles. The van der Waals surface area contributed by atoms with Crippen LogP contribution in [0.25, 0.3) is 0 Å². The lowest BCUT2D eigenvalue weighted by Crippen LogP contribution is -2.23. The number of nitro groups is 1. The summed E-state index contributed by atoms with van der Waals surface area (Å²) in [6, 6.07) is 11.5. The van der Waals surface area contributed by atoms with E-state index >= 15 is 0 Å². The van der Waals surface area contributed by atoms with Gasteiger partial charge in [0.2, 0.25) is 5.91 Å². The number of sulfone groups is 1. The van der Waals surface area contributed by atoms with Crippen molar-refractivity contribution in [2.75, 3.05) is 11.6 Å². The Morgan fingerprint density at radius 1 is 1.16 bits per heavy atom. The number of nitrogens with zero attached hydrogens (tertiary/aromatic N) is 3. The summed E-state index contributed by atoms with van der Waals surface area (Å²) in [6.45, 7) is 0.0992. The maximum Gasteiger partial charge on any atom is 0.271 e. The van der Waals surface area contributed by atoms with Crippen LogP contribution in [-0.2, 0) is 27.7 Å². The zero-order valence-electron chi connectivity index (χ0n) is 16.9. The van der Waals surface area contributed by atoms with Crippen LogP contribution in [0.4, 0.5) is 11.4 Å². The Bertz CT molecular complexity index is 1270. The van der Waals surface area contributed by atoms with E-state index in [1.54, 1.807) is 42.7 Å². The highest BCUT2D eigenvalue weighted by Crippen LogP contribution is 2.21. The summed E-state index contributed by atoms with van der Waals surface area (Å²) in [7, 11) is -3.75. The number of non-ortho nitro benzene ring substituents is 1. The number of carbonyl (C=O) groups is 2. The van der Waals surface area contributed by atoms with E-state index in [1.165, 1.54) is 4.68 Å². The Morgan fingerprint density at radius 2 is 1.94 bits per heavy atom. The van der Waals surface area contributed by atoms with E-state index in [9.17, 15) is 28.1 Å². The fourth-order valence-electron chi connectivity index (χ4n) is 2.82. The van der Waals surface area contributed by atoms with E-state index in [4.69, 9.17) is 0 Å². The summed E-state index contributed by atoms with van der Waals surface area (Å²) in [4.78, 5) is 34.6. The molecule has 0 saturated heterocycles. The molecule has 2 N–H and O–H groups in total. The molecule has 11 nitrogen and oxygen atoms in total. The predicted molar refractivity (Wildman–Crippen MR) is 115 cm³/mol. The smallest absolute Gasteiger partial charge is 0.271 e. The largest absolute Gasteiger partial charge is 0.348 e. The number of benzene rings is 2. The van der Waals surface area contributed by atoms with Gasteiger partial charge in [-0.2, -0.15) is 5.10 Å². The highest BCUT2D eigenvalue weighted by Gasteiger charge is 2.19. The fraction of sp³-hybridized carbons (Fsp3) is 0.150. The summed E-state index contributed by atoms with van der Waals surface area (Å²) in [5.41, 5.74) is 0.524. The van der Waals surface area contributed by atoms with Crippen molar-refractivity contribution in [2.45, 2.75) is 18.0 Å². The van der Waals surface area contributed by atoms with Crippen LogP contribution in [0.1, 0.15) is 15.9 Å². The summed E-state index contributed by atoms with van der Waals surface area (Å²) < 4.78 is 25.1. The lowest BCUT2D eigenvalue weighted by atomic mass is 10.1. The van der Waals surface area contributed by atoms with Gasteiger partial charge in [0.25, 0.3) is 11.6 Å². The molecule has 0 fully saturated rings. The van der Waals surface area contributed by atoms with E-state index < -0.39 is 26.4 Å². The van der Waals surface area contributed by atoms with Crippen LogP contribution in [0.5, 0.6) is 0 Å². The van der Waals surface area contributed by atoms with Crippen molar-refractivity contribution in [2.24, 2.45) is 0 Å². The van der Waals surface area contributed by atoms with E-state index in [1.807, 2.05) is 0 Å². The summed E-state index contributed by atoms with van der Waals surface area (Å²) in [5, 5.41) is 20.4. The Balaban J connectivity index is 1.68. The third-order valence-corrected chi connectivity index (χ3v) is 5.41. The van der Waals surface area contributed by atoms with Crippen LogP contribution in [0, 0.1) is 10.1 Å². The van der Waals surface area contributed by atoms with Crippen LogP contribution < -0.4 is 10.6 Å². The fourth-order valence-corrected chi connectivity index (χ4v) is 3.49. The molecule has 0 radical (unpaired) electrons. The molecular weight excluding hydrogens is 438 g/mol. The molecule has 32 heavy (non-hydrogen) atoms. The first-order chi connectivity index (χ1) is 15.1. The monoisotopic (exact) mass is 457 g/mol. The molecule has 166 valence electrons. The molecule has 3 aromatic rings. The first-order valence-electron chi connectivity index (χ1n) is 9.26. The number of hydrogen-bond donors (Lipinski definition) is 2. The summed E-state index contributed by atoms with van der Waals surface area (Å²) >= 11 is 0. The van der Waals surface area contributed by atoms with Crippen LogP contribution in [0.15, 0.2) is 65.8 Å². The standard InChI is InChI=1S/C20H19N5O6S/c1-32(30,31)18-10-15(9-17(11-18)25(28)29)20(27)21-12-14-4-2-5-16(8-14)23-19(26)13-24-7-3-6-22-24/h2-11H,12-13H2,1H3,(H,21,27)(H,23,26). The number of amides is 2. The van der Waals surface area contributed by atoms with Gasteiger partial charge in [-0.05, 0) is 29.8 Å². The highest BCUT2D eigenvalue weighted by atomic mass is 32.2. The van der Waals surface area contributed by atoms with E-state index in [-0.39, 0.29) is 29.5 Å². The third kappa shape index (κ3) is 5.98. The van der Waals surface area contributed by atoms with Crippen LogP contribution in [-0.4, -0.2) is 41.2 Å². The lowest BCUT2D eigenvalue weighted by molar-refractivity contribution is -0.385. The van der Waals surface area contributed by atoms with Crippen molar-refractivity contribution >= 4 is 33.0 Å². The average Bonchev–Trinajstić information content (AvgIpc) is 3.24. The number of aromatic nitrogens is 2. The molecule has 0 aliphatic rings. The molecule has 2 aromatic carbocycles. The van der Waals surface area contributed by atoms with E-state index in [0.717, 1.165) is 24.5 Å². The SMILES string of the molecule is CS(=O)(=O)c1cc(C(=O)NCc2cccc(NC(=O)Cn3cccn3)c2)cc([N+](=O)[O-])c1. The molecule has 3 rings (SSSR count). The quantitative estimate of drug-likeness (QED) is 0.386. The van der Waals surface area contributed by atoms with Gasteiger partial charge in [0.05, 0.1) is 9.82 Å². The van der Waals surface area contributed by atoms with Gasteiger partial charge in [0.15, 0.2) is 9.84 Å². The highest BCUT2D eigenvalue weighted by molar-refractivity contribution is 7.90. The number of nitro benzene ring substituents is 1. The third-order valence-electron chi connectivity index (χ3n) is 4.32. The van der Waals surface area contributed by atoms with Crippen molar-refractivity contribution in [1.82, 2.24) is 15.1 Å². The molecule has 1 aromatic heterocycles. The van der Waals surface area contributed by atoms with Gasteiger partial charge in [-0.1, -0.05) is 12.1 Å². The molecular formula is C20H19N5O6S. The summed E-state index contributed by atoms with van der Waals surface area (Å²) in [6.07, 6.45) is 4.13. The Morgan fingerprint density at radius 3 is 2.59 bits per heavy atom. The second kappa shape index (κ2) is 9.39. The van der Waals surface area contributed by atoms with Gasteiger partial charge in [0.1, 0.15) is 6.54 Å². The number of nitrogens with one attached hydrogen (secondary N) is 2. The van der Waals surface area contributed by atoms with E-state index in [0.29, 0.717) is 11.3 Å². The molecule has 0 saturated carbocycles. The maximum atomic E-state index is 12.5. The molecule has 12 heteroatoms. The minimum atomic E-state index is -3.75. The van der Waals surface area contributed by atoms with Crippen molar-refractivity contribution in [3.8, 4) is 0 Å². The van der Waals surface area contributed by atoms with Crippen molar-refractivity contribution in [3.63, 3.8) is 0 Å². The summed E-state index contributed by atoms with van der Waals surface area (Å²) in [5.74, 6) is -0.952.